The highest BCUT2D eigenvalue weighted by atomic mass is 35.5. The molecule has 0 aliphatic carbocycles. The first-order valence-corrected chi connectivity index (χ1v) is 3.98. The van der Waals surface area contributed by atoms with Gasteiger partial charge in [-0.15, -0.1) is 12.4 Å². The van der Waals surface area contributed by atoms with Crippen LogP contribution in [0.15, 0.2) is 24.3 Å². The van der Waals surface area contributed by atoms with Gasteiger partial charge in [0.2, 0.25) is 0 Å². The van der Waals surface area contributed by atoms with E-state index >= 15 is 0 Å². The summed E-state index contributed by atoms with van der Waals surface area (Å²) < 4.78 is 38.3. The molecular formula is C9H9ClF3NO2. The SMILES string of the molecule is Cl.N[C@H](c1ccc(F)cc1)C(F)(F)C(=O)O. The van der Waals surface area contributed by atoms with E-state index in [1.807, 2.05) is 0 Å². The number of aliphatic carboxylic acids is 1. The van der Waals surface area contributed by atoms with Gasteiger partial charge >= 0.3 is 11.9 Å². The minimum Gasteiger partial charge on any atom is -0.477 e. The van der Waals surface area contributed by atoms with Gasteiger partial charge < -0.3 is 10.8 Å². The third kappa shape index (κ3) is 2.86. The molecule has 16 heavy (non-hydrogen) atoms. The summed E-state index contributed by atoms with van der Waals surface area (Å²) in [5, 5.41) is 8.22. The Morgan fingerprint density at radius 3 is 2.12 bits per heavy atom. The molecular weight excluding hydrogens is 247 g/mol. The summed E-state index contributed by atoms with van der Waals surface area (Å²) in [5.74, 6) is -6.98. The van der Waals surface area contributed by atoms with Crippen molar-refractivity contribution in [2.75, 3.05) is 0 Å². The fourth-order valence-electron chi connectivity index (χ4n) is 1.01. The van der Waals surface area contributed by atoms with Crippen molar-refractivity contribution in [1.29, 1.82) is 0 Å². The number of rotatable bonds is 3. The van der Waals surface area contributed by atoms with Crippen molar-refractivity contribution in [2.24, 2.45) is 5.73 Å². The number of benzene rings is 1. The van der Waals surface area contributed by atoms with Crippen LogP contribution in [0.2, 0.25) is 0 Å². The zero-order valence-electron chi connectivity index (χ0n) is 7.86. The molecule has 0 radical (unpaired) electrons. The molecule has 0 aromatic heterocycles. The number of nitrogens with two attached hydrogens (primary N) is 1. The molecule has 7 heteroatoms. The third-order valence-corrected chi connectivity index (χ3v) is 1.90. The summed E-state index contributed by atoms with van der Waals surface area (Å²) >= 11 is 0. The molecule has 1 aromatic rings. The predicted octanol–water partition coefficient (Wildman–Crippen LogP) is 1.97. The van der Waals surface area contributed by atoms with Crippen LogP contribution in [0.5, 0.6) is 0 Å². The lowest BCUT2D eigenvalue weighted by Crippen LogP contribution is -2.40. The van der Waals surface area contributed by atoms with Gasteiger partial charge in [-0.25, -0.2) is 9.18 Å². The first-order valence-electron chi connectivity index (χ1n) is 3.98. The van der Waals surface area contributed by atoms with Crippen molar-refractivity contribution < 1.29 is 23.1 Å². The van der Waals surface area contributed by atoms with Gasteiger partial charge in [-0.2, -0.15) is 8.78 Å². The van der Waals surface area contributed by atoms with Crippen LogP contribution >= 0.6 is 12.4 Å². The maximum atomic E-state index is 12.9. The topological polar surface area (TPSA) is 63.3 Å². The molecule has 0 bridgehead atoms. The summed E-state index contributed by atoms with van der Waals surface area (Å²) in [5.41, 5.74) is 4.94. The Balaban J connectivity index is 0.00000225. The summed E-state index contributed by atoms with van der Waals surface area (Å²) in [6, 6.07) is 1.93. The number of hydrogen-bond donors (Lipinski definition) is 2. The molecule has 0 aliphatic heterocycles. The molecule has 1 atom stereocenters. The fourth-order valence-corrected chi connectivity index (χ4v) is 1.01. The number of hydrogen-bond acceptors (Lipinski definition) is 2. The van der Waals surface area contributed by atoms with E-state index in [2.05, 4.69) is 0 Å². The average Bonchev–Trinajstić information content (AvgIpc) is 2.17. The molecule has 1 rings (SSSR count). The van der Waals surface area contributed by atoms with E-state index in [1.54, 1.807) is 0 Å². The monoisotopic (exact) mass is 255 g/mol. The normalized spacial score (nSPS) is 12.8. The summed E-state index contributed by atoms with van der Waals surface area (Å²) in [6.45, 7) is 0. The maximum Gasteiger partial charge on any atom is 0.376 e. The fraction of sp³-hybridized carbons (Fsp3) is 0.222. The molecule has 3 nitrogen and oxygen atoms in total. The van der Waals surface area contributed by atoms with Gasteiger partial charge in [-0.05, 0) is 17.7 Å². The minimum absolute atomic E-state index is 0. The van der Waals surface area contributed by atoms with Crippen LogP contribution in [-0.2, 0) is 4.79 Å². The zero-order chi connectivity index (χ0) is 11.6. The van der Waals surface area contributed by atoms with Crippen LogP contribution in [0.4, 0.5) is 13.2 Å². The number of carboxylic acid groups (broad SMARTS) is 1. The Morgan fingerprint density at radius 1 is 1.31 bits per heavy atom. The molecule has 0 fully saturated rings. The van der Waals surface area contributed by atoms with E-state index in [1.165, 1.54) is 0 Å². The van der Waals surface area contributed by atoms with Crippen LogP contribution in [-0.4, -0.2) is 17.0 Å². The molecule has 0 heterocycles. The Kier molecular flexibility index (Phi) is 4.77. The number of alkyl halides is 2. The van der Waals surface area contributed by atoms with Gasteiger partial charge in [0.05, 0.1) is 0 Å². The van der Waals surface area contributed by atoms with Crippen molar-refractivity contribution in [3.63, 3.8) is 0 Å². The van der Waals surface area contributed by atoms with Gasteiger partial charge in [0.1, 0.15) is 11.9 Å². The smallest absolute Gasteiger partial charge is 0.376 e. The van der Waals surface area contributed by atoms with Crippen molar-refractivity contribution in [3.8, 4) is 0 Å². The first kappa shape index (κ1) is 14.7. The van der Waals surface area contributed by atoms with Crippen LogP contribution < -0.4 is 5.73 Å². The lowest BCUT2D eigenvalue weighted by molar-refractivity contribution is -0.168. The Labute approximate surface area is 95.5 Å². The van der Waals surface area contributed by atoms with Crippen molar-refractivity contribution in [1.82, 2.24) is 0 Å². The molecule has 1 aromatic carbocycles. The maximum absolute atomic E-state index is 12.9. The summed E-state index contributed by atoms with van der Waals surface area (Å²) in [6.07, 6.45) is 0. The highest BCUT2D eigenvalue weighted by molar-refractivity contribution is 5.85. The van der Waals surface area contributed by atoms with E-state index in [9.17, 15) is 18.0 Å². The molecule has 3 N–H and O–H groups in total. The van der Waals surface area contributed by atoms with Crippen molar-refractivity contribution in [3.05, 3.63) is 35.6 Å². The largest absolute Gasteiger partial charge is 0.477 e. The number of carbonyl (C=O) groups is 1. The van der Waals surface area contributed by atoms with Crippen LogP contribution in [0, 0.1) is 5.82 Å². The highest BCUT2D eigenvalue weighted by Crippen LogP contribution is 2.29. The van der Waals surface area contributed by atoms with Gasteiger partial charge in [0.15, 0.2) is 0 Å². The summed E-state index contributed by atoms with van der Waals surface area (Å²) in [7, 11) is 0. The minimum atomic E-state index is -4.07. The van der Waals surface area contributed by atoms with E-state index in [0.29, 0.717) is 0 Å². The van der Waals surface area contributed by atoms with Crippen LogP contribution in [0.25, 0.3) is 0 Å². The Bertz CT molecular complexity index is 370. The van der Waals surface area contributed by atoms with E-state index in [4.69, 9.17) is 10.8 Å². The van der Waals surface area contributed by atoms with E-state index in [-0.39, 0.29) is 18.0 Å². The van der Waals surface area contributed by atoms with Crippen molar-refractivity contribution >= 4 is 18.4 Å². The van der Waals surface area contributed by atoms with Gasteiger partial charge in [0, 0.05) is 0 Å². The summed E-state index contributed by atoms with van der Waals surface area (Å²) in [4.78, 5) is 10.2. The van der Waals surface area contributed by atoms with Crippen LogP contribution in [0.3, 0.4) is 0 Å². The lowest BCUT2D eigenvalue weighted by atomic mass is 10.0. The first-order chi connectivity index (χ1) is 6.85. The molecule has 0 unspecified atom stereocenters. The number of carboxylic acids is 1. The molecule has 0 saturated heterocycles. The third-order valence-electron chi connectivity index (χ3n) is 1.90. The van der Waals surface area contributed by atoms with Crippen molar-refractivity contribution in [2.45, 2.75) is 12.0 Å². The molecule has 90 valence electrons. The van der Waals surface area contributed by atoms with E-state index < -0.39 is 23.8 Å². The highest BCUT2D eigenvalue weighted by Gasteiger charge is 2.46. The number of halogens is 4. The lowest BCUT2D eigenvalue weighted by Gasteiger charge is -2.19. The quantitative estimate of drug-likeness (QED) is 0.868. The van der Waals surface area contributed by atoms with Gasteiger partial charge in [0.25, 0.3) is 0 Å². The average molecular weight is 256 g/mol. The molecule has 0 spiro atoms. The van der Waals surface area contributed by atoms with Gasteiger partial charge in [-0.3, -0.25) is 0 Å². The second-order valence-corrected chi connectivity index (χ2v) is 2.96. The molecule has 0 aliphatic rings. The second kappa shape index (κ2) is 5.18. The predicted molar refractivity (Wildman–Crippen MR) is 53.2 cm³/mol. The van der Waals surface area contributed by atoms with Crippen LogP contribution in [0.1, 0.15) is 11.6 Å². The standard InChI is InChI=1S/C9H8F3NO2.ClH/c10-6-3-1-5(2-4-6)7(13)9(11,12)8(14)15;/h1-4,7H,13H2,(H,14,15);1H/t7-;/m1./s1. The Hall–Kier alpha value is -1.27. The zero-order valence-corrected chi connectivity index (χ0v) is 8.68. The van der Waals surface area contributed by atoms with Gasteiger partial charge in [-0.1, -0.05) is 12.1 Å². The second-order valence-electron chi connectivity index (χ2n) is 2.96. The molecule has 0 saturated carbocycles. The molecule has 0 amide bonds. The Morgan fingerprint density at radius 2 is 1.75 bits per heavy atom. The van der Waals surface area contributed by atoms with E-state index in [0.717, 1.165) is 24.3 Å².